The first-order chi connectivity index (χ1) is 10.3. The van der Waals surface area contributed by atoms with Gasteiger partial charge in [-0.25, -0.2) is 4.68 Å². The van der Waals surface area contributed by atoms with Gasteiger partial charge < -0.3 is 5.32 Å². The molecule has 0 radical (unpaired) electrons. The van der Waals surface area contributed by atoms with Crippen molar-refractivity contribution in [3.63, 3.8) is 0 Å². The second kappa shape index (κ2) is 7.00. The van der Waals surface area contributed by atoms with Gasteiger partial charge in [0.1, 0.15) is 0 Å². The number of hydrogen-bond donors (Lipinski definition) is 1. The molecule has 0 saturated heterocycles. The summed E-state index contributed by atoms with van der Waals surface area (Å²) in [7, 11) is 0. The third-order valence-corrected chi connectivity index (χ3v) is 4.87. The van der Waals surface area contributed by atoms with Crippen LogP contribution < -0.4 is 5.32 Å². The Bertz CT molecular complexity index is 460. The Kier molecular flexibility index (Phi) is 4.83. The summed E-state index contributed by atoms with van der Waals surface area (Å²) in [6.45, 7) is 0.453. The van der Waals surface area contributed by atoms with Crippen LogP contribution in [0.3, 0.4) is 0 Å². The Morgan fingerprint density at radius 1 is 1.10 bits per heavy atom. The molecule has 116 valence electrons. The van der Waals surface area contributed by atoms with E-state index >= 15 is 0 Å². The molecule has 0 aliphatic heterocycles. The van der Waals surface area contributed by atoms with Crippen molar-refractivity contribution in [1.82, 2.24) is 25.5 Å². The van der Waals surface area contributed by atoms with Crippen LogP contribution in [-0.4, -0.2) is 26.1 Å². The predicted octanol–water partition coefficient (Wildman–Crippen LogP) is 2.37. The maximum atomic E-state index is 12.0. The Balaban J connectivity index is 1.50. The molecule has 2 fully saturated rings. The molecule has 1 N–H and O–H groups in total. The molecule has 6 nitrogen and oxygen atoms in total. The largest absolute Gasteiger partial charge is 0.349 e. The number of rotatable bonds is 5. The van der Waals surface area contributed by atoms with E-state index in [4.69, 9.17) is 0 Å². The highest BCUT2D eigenvalue weighted by molar-refractivity contribution is 5.76. The maximum absolute atomic E-state index is 12.0. The van der Waals surface area contributed by atoms with Gasteiger partial charge in [-0.3, -0.25) is 4.79 Å². The number of carbonyl (C=O) groups excluding carboxylic acids is 1. The van der Waals surface area contributed by atoms with Crippen LogP contribution in [0.25, 0.3) is 0 Å². The Labute approximate surface area is 125 Å². The molecular weight excluding hydrogens is 266 g/mol. The fraction of sp³-hybridized carbons (Fsp3) is 0.867. The molecule has 6 heteroatoms. The van der Waals surface area contributed by atoms with Crippen LogP contribution in [0.1, 0.15) is 76.1 Å². The second-order valence-corrected chi connectivity index (χ2v) is 6.46. The van der Waals surface area contributed by atoms with Gasteiger partial charge in [-0.1, -0.05) is 32.1 Å². The minimum atomic E-state index is 0.139. The smallest absolute Gasteiger partial charge is 0.220 e. The van der Waals surface area contributed by atoms with Crippen molar-refractivity contribution in [3.8, 4) is 0 Å². The SMILES string of the molecule is O=C(CC1CCCC1)NCc1nnnn1C1CCCCC1. The van der Waals surface area contributed by atoms with Gasteiger partial charge in [0.25, 0.3) is 0 Å². The average molecular weight is 291 g/mol. The number of nitrogens with one attached hydrogen (secondary N) is 1. The second-order valence-electron chi connectivity index (χ2n) is 6.46. The fourth-order valence-electron chi connectivity index (χ4n) is 3.66. The lowest BCUT2D eigenvalue weighted by Gasteiger charge is -2.22. The monoisotopic (exact) mass is 291 g/mol. The molecule has 2 aliphatic rings. The summed E-state index contributed by atoms with van der Waals surface area (Å²) in [5.74, 6) is 1.51. The normalized spacial score (nSPS) is 20.8. The minimum Gasteiger partial charge on any atom is -0.349 e. The fourth-order valence-corrected chi connectivity index (χ4v) is 3.66. The van der Waals surface area contributed by atoms with Gasteiger partial charge in [-0.2, -0.15) is 0 Å². The summed E-state index contributed by atoms with van der Waals surface area (Å²) in [5.41, 5.74) is 0. The minimum absolute atomic E-state index is 0.139. The highest BCUT2D eigenvalue weighted by Gasteiger charge is 2.21. The quantitative estimate of drug-likeness (QED) is 0.904. The molecule has 1 aromatic rings. The Morgan fingerprint density at radius 2 is 1.81 bits per heavy atom. The first-order valence-electron chi connectivity index (χ1n) is 8.36. The highest BCUT2D eigenvalue weighted by atomic mass is 16.1. The van der Waals surface area contributed by atoms with E-state index in [-0.39, 0.29) is 5.91 Å². The van der Waals surface area contributed by atoms with Crippen molar-refractivity contribution < 1.29 is 4.79 Å². The Morgan fingerprint density at radius 3 is 2.57 bits per heavy atom. The van der Waals surface area contributed by atoms with Gasteiger partial charge in [-0.15, -0.1) is 5.10 Å². The van der Waals surface area contributed by atoms with Crippen molar-refractivity contribution in [2.24, 2.45) is 5.92 Å². The van der Waals surface area contributed by atoms with Crippen LogP contribution in [0.4, 0.5) is 0 Å². The van der Waals surface area contributed by atoms with Crippen molar-refractivity contribution >= 4 is 5.91 Å². The van der Waals surface area contributed by atoms with E-state index in [2.05, 4.69) is 20.8 Å². The number of aromatic nitrogens is 4. The zero-order valence-electron chi connectivity index (χ0n) is 12.6. The molecule has 0 bridgehead atoms. The van der Waals surface area contributed by atoms with E-state index in [1.165, 1.54) is 44.9 Å². The summed E-state index contributed by atoms with van der Waals surface area (Å²) in [6, 6.07) is 0.412. The van der Waals surface area contributed by atoms with Gasteiger partial charge in [-0.05, 0) is 42.0 Å². The third-order valence-electron chi connectivity index (χ3n) is 4.87. The summed E-state index contributed by atoms with van der Waals surface area (Å²) < 4.78 is 1.93. The predicted molar refractivity (Wildman–Crippen MR) is 78.4 cm³/mol. The molecule has 2 saturated carbocycles. The van der Waals surface area contributed by atoms with Crippen LogP contribution in [0.15, 0.2) is 0 Å². The number of tetrazole rings is 1. The van der Waals surface area contributed by atoms with Gasteiger partial charge in [0.15, 0.2) is 5.82 Å². The summed E-state index contributed by atoms with van der Waals surface area (Å²) in [5, 5.41) is 15.0. The first kappa shape index (κ1) is 14.5. The van der Waals surface area contributed by atoms with Crippen LogP contribution >= 0.6 is 0 Å². The van der Waals surface area contributed by atoms with Gasteiger partial charge in [0, 0.05) is 6.42 Å². The molecule has 21 heavy (non-hydrogen) atoms. The molecule has 0 atom stereocenters. The van der Waals surface area contributed by atoms with E-state index in [1.807, 2.05) is 4.68 Å². The molecule has 1 heterocycles. The lowest BCUT2D eigenvalue weighted by molar-refractivity contribution is -0.122. The van der Waals surface area contributed by atoms with Crippen LogP contribution in [-0.2, 0) is 11.3 Å². The van der Waals surface area contributed by atoms with E-state index in [0.717, 1.165) is 18.7 Å². The van der Waals surface area contributed by atoms with E-state index < -0.39 is 0 Å². The molecule has 0 aromatic carbocycles. The molecule has 3 rings (SSSR count). The van der Waals surface area contributed by atoms with Gasteiger partial charge in [0.05, 0.1) is 12.6 Å². The summed E-state index contributed by atoms with van der Waals surface area (Å²) in [6.07, 6.45) is 11.7. The molecule has 0 unspecified atom stereocenters. The summed E-state index contributed by atoms with van der Waals surface area (Å²) in [4.78, 5) is 12.0. The third kappa shape index (κ3) is 3.80. The van der Waals surface area contributed by atoms with Crippen LogP contribution in [0, 0.1) is 5.92 Å². The molecule has 2 aliphatic carbocycles. The first-order valence-corrected chi connectivity index (χ1v) is 8.36. The lowest BCUT2D eigenvalue weighted by Crippen LogP contribution is -2.27. The van der Waals surface area contributed by atoms with Crippen LogP contribution in [0.2, 0.25) is 0 Å². The zero-order chi connectivity index (χ0) is 14.5. The van der Waals surface area contributed by atoms with E-state index in [9.17, 15) is 4.79 Å². The molecular formula is C15H25N5O. The highest BCUT2D eigenvalue weighted by Crippen LogP contribution is 2.28. The van der Waals surface area contributed by atoms with E-state index in [1.54, 1.807) is 0 Å². The number of carbonyl (C=O) groups is 1. The van der Waals surface area contributed by atoms with Crippen molar-refractivity contribution in [2.75, 3.05) is 0 Å². The van der Waals surface area contributed by atoms with Crippen molar-refractivity contribution in [2.45, 2.75) is 76.8 Å². The molecule has 1 aromatic heterocycles. The number of hydrogen-bond acceptors (Lipinski definition) is 4. The van der Waals surface area contributed by atoms with Crippen molar-refractivity contribution in [1.29, 1.82) is 0 Å². The number of nitrogens with zero attached hydrogens (tertiary/aromatic N) is 4. The molecule has 0 spiro atoms. The number of amides is 1. The van der Waals surface area contributed by atoms with Gasteiger partial charge >= 0.3 is 0 Å². The standard InChI is InChI=1S/C15H25N5O/c21-15(10-12-6-4-5-7-12)16-11-14-17-18-19-20(14)13-8-2-1-3-9-13/h12-13H,1-11H2,(H,16,21). The lowest BCUT2D eigenvalue weighted by atomic mass is 9.95. The maximum Gasteiger partial charge on any atom is 0.220 e. The topological polar surface area (TPSA) is 72.7 Å². The molecule has 1 amide bonds. The Hall–Kier alpha value is -1.46. The summed E-state index contributed by atoms with van der Waals surface area (Å²) >= 11 is 0. The average Bonchev–Trinajstić information content (AvgIpc) is 3.17. The van der Waals surface area contributed by atoms with E-state index in [0.29, 0.717) is 24.9 Å². The zero-order valence-corrected chi connectivity index (χ0v) is 12.6. The van der Waals surface area contributed by atoms with Gasteiger partial charge in [0.2, 0.25) is 5.91 Å². The van der Waals surface area contributed by atoms with Crippen LogP contribution in [0.5, 0.6) is 0 Å². The van der Waals surface area contributed by atoms with Crippen molar-refractivity contribution in [3.05, 3.63) is 5.82 Å².